The number of anilines is 2. The van der Waals surface area contributed by atoms with Crippen LogP contribution in [0.15, 0.2) is 42.5 Å². The molecule has 0 bridgehead atoms. The average Bonchev–Trinajstić information content (AvgIpc) is 2.48. The van der Waals surface area contributed by atoms with Gasteiger partial charge in [-0.2, -0.15) is 13.2 Å². The van der Waals surface area contributed by atoms with Gasteiger partial charge in [0.25, 0.3) is 0 Å². The Hall–Kier alpha value is -2.90. The summed E-state index contributed by atoms with van der Waals surface area (Å²) in [6.07, 6.45) is -4.50. The maximum atomic E-state index is 12.6. The highest BCUT2D eigenvalue weighted by molar-refractivity contribution is 6.00. The Morgan fingerprint density at radius 2 is 1.87 bits per heavy atom. The maximum absolute atomic E-state index is 12.6. The number of phenols is 1. The molecule has 23 heavy (non-hydrogen) atoms. The van der Waals surface area contributed by atoms with Gasteiger partial charge in [-0.3, -0.25) is 0 Å². The van der Waals surface area contributed by atoms with E-state index in [0.29, 0.717) is 5.75 Å². The molecule has 0 saturated carbocycles. The van der Waals surface area contributed by atoms with Crippen molar-refractivity contribution in [1.29, 1.82) is 0 Å². The van der Waals surface area contributed by atoms with E-state index in [0.717, 1.165) is 12.1 Å². The number of carbonyl (C=O) groups excluding carboxylic acids is 1. The third kappa shape index (κ3) is 4.29. The van der Waals surface area contributed by atoms with E-state index in [4.69, 9.17) is 4.74 Å². The first-order valence-electron chi connectivity index (χ1n) is 6.42. The van der Waals surface area contributed by atoms with Crippen LogP contribution in [-0.4, -0.2) is 18.2 Å². The van der Waals surface area contributed by atoms with Crippen molar-refractivity contribution in [2.24, 2.45) is 0 Å². The van der Waals surface area contributed by atoms with Crippen LogP contribution in [-0.2, 0) is 6.18 Å². The van der Waals surface area contributed by atoms with Crippen LogP contribution < -0.4 is 15.4 Å². The molecule has 3 N–H and O–H groups in total. The second kappa shape index (κ2) is 6.47. The molecule has 0 aromatic heterocycles. The van der Waals surface area contributed by atoms with Gasteiger partial charge < -0.3 is 20.5 Å². The van der Waals surface area contributed by atoms with Crippen LogP contribution in [0.4, 0.5) is 29.3 Å². The minimum absolute atomic E-state index is 0.0228. The third-order valence-corrected chi connectivity index (χ3v) is 2.90. The number of amides is 2. The maximum Gasteiger partial charge on any atom is 0.416 e. The van der Waals surface area contributed by atoms with E-state index in [1.165, 1.54) is 37.4 Å². The van der Waals surface area contributed by atoms with Gasteiger partial charge in [-0.1, -0.05) is 6.07 Å². The minimum atomic E-state index is -4.50. The van der Waals surface area contributed by atoms with Gasteiger partial charge in [0.15, 0.2) is 0 Å². The highest BCUT2D eigenvalue weighted by atomic mass is 19.4. The van der Waals surface area contributed by atoms with Gasteiger partial charge in [-0.05, 0) is 30.3 Å². The molecular weight excluding hydrogens is 313 g/mol. The summed E-state index contributed by atoms with van der Waals surface area (Å²) in [6, 6.07) is 7.64. The molecule has 0 fully saturated rings. The molecule has 0 heterocycles. The summed E-state index contributed by atoms with van der Waals surface area (Å²) < 4.78 is 42.7. The van der Waals surface area contributed by atoms with Gasteiger partial charge in [-0.15, -0.1) is 0 Å². The van der Waals surface area contributed by atoms with Crippen molar-refractivity contribution in [2.45, 2.75) is 6.18 Å². The quantitative estimate of drug-likeness (QED) is 0.745. The first-order valence-corrected chi connectivity index (χ1v) is 6.42. The lowest BCUT2D eigenvalue weighted by molar-refractivity contribution is -0.137. The van der Waals surface area contributed by atoms with Gasteiger partial charge >= 0.3 is 12.2 Å². The Morgan fingerprint density at radius 3 is 2.48 bits per heavy atom. The predicted octanol–water partition coefficient (Wildman–Crippen LogP) is 4.06. The van der Waals surface area contributed by atoms with E-state index in [2.05, 4.69) is 10.6 Å². The van der Waals surface area contributed by atoms with Gasteiger partial charge in [0, 0.05) is 11.8 Å². The van der Waals surface area contributed by atoms with Crippen LogP contribution >= 0.6 is 0 Å². The molecule has 2 aromatic rings. The van der Waals surface area contributed by atoms with Crippen molar-refractivity contribution in [2.75, 3.05) is 17.7 Å². The molecule has 0 aliphatic carbocycles. The van der Waals surface area contributed by atoms with Crippen LogP contribution in [0.5, 0.6) is 11.5 Å². The van der Waals surface area contributed by atoms with E-state index >= 15 is 0 Å². The first kappa shape index (κ1) is 16.5. The molecule has 5 nitrogen and oxygen atoms in total. The molecular formula is C15H13F3N2O3. The second-order valence-corrected chi connectivity index (χ2v) is 4.54. The number of phenolic OH excluding ortho intramolecular Hbond substituents is 1. The fourth-order valence-electron chi connectivity index (χ4n) is 1.80. The fraction of sp³-hybridized carbons (Fsp3) is 0.133. The summed E-state index contributed by atoms with van der Waals surface area (Å²) in [4.78, 5) is 11.8. The van der Waals surface area contributed by atoms with Crippen LogP contribution in [0.25, 0.3) is 0 Å². The predicted molar refractivity (Wildman–Crippen MR) is 78.7 cm³/mol. The summed E-state index contributed by atoms with van der Waals surface area (Å²) >= 11 is 0. The van der Waals surface area contributed by atoms with Gasteiger partial charge in [0.1, 0.15) is 11.5 Å². The summed E-state index contributed by atoms with van der Waals surface area (Å²) in [5.41, 5.74) is -0.803. The number of hydrogen-bond donors (Lipinski definition) is 3. The average molecular weight is 326 g/mol. The number of nitrogens with one attached hydrogen (secondary N) is 2. The van der Waals surface area contributed by atoms with Crippen molar-refractivity contribution in [3.63, 3.8) is 0 Å². The summed E-state index contributed by atoms with van der Waals surface area (Å²) in [7, 11) is 1.42. The lowest BCUT2D eigenvalue weighted by Crippen LogP contribution is -2.19. The van der Waals surface area contributed by atoms with E-state index in [1.807, 2.05) is 0 Å². The molecule has 0 aliphatic rings. The monoisotopic (exact) mass is 326 g/mol. The molecule has 2 aromatic carbocycles. The van der Waals surface area contributed by atoms with Crippen LogP contribution in [0.2, 0.25) is 0 Å². The SMILES string of the molecule is COc1ccc(NC(=O)Nc2cccc(C(F)(F)F)c2)c(O)c1. The van der Waals surface area contributed by atoms with Crippen molar-refractivity contribution >= 4 is 17.4 Å². The van der Waals surface area contributed by atoms with Gasteiger partial charge in [0.05, 0.1) is 18.4 Å². The number of hydrogen-bond acceptors (Lipinski definition) is 3. The van der Waals surface area contributed by atoms with E-state index in [1.54, 1.807) is 0 Å². The molecule has 0 spiro atoms. The minimum Gasteiger partial charge on any atom is -0.506 e. The molecule has 122 valence electrons. The van der Waals surface area contributed by atoms with Crippen LogP contribution in [0, 0.1) is 0 Å². The molecule has 0 atom stereocenters. The highest BCUT2D eigenvalue weighted by Crippen LogP contribution is 2.31. The Kier molecular flexibility index (Phi) is 4.63. The van der Waals surface area contributed by atoms with Crippen LogP contribution in [0.1, 0.15) is 5.56 Å². The zero-order valence-corrected chi connectivity index (χ0v) is 11.9. The lowest BCUT2D eigenvalue weighted by atomic mass is 10.2. The number of benzene rings is 2. The number of aromatic hydroxyl groups is 1. The van der Waals surface area contributed by atoms with E-state index in [-0.39, 0.29) is 17.1 Å². The fourth-order valence-corrected chi connectivity index (χ4v) is 1.80. The molecule has 2 amide bonds. The molecule has 2 rings (SSSR count). The number of ether oxygens (including phenoxy) is 1. The third-order valence-electron chi connectivity index (χ3n) is 2.90. The highest BCUT2D eigenvalue weighted by Gasteiger charge is 2.30. The lowest BCUT2D eigenvalue weighted by Gasteiger charge is -2.12. The zero-order chi connectivity index (χ0) is 17.0. The number of alkyl halides is 3. The topological polar surface area (TPSA) is 70.6 Å². The number of halogens is 3. The Balaban J connectivity index is 2.08. The standard InChI is InChI=1S/C15H13F3N2O3/c1-23-11-5-6-12(13(21)8-11)20-14(22)19-10-4-2-3-9(7-10)15(16,17)18/h2-8,21H,1H3,(H2,19,20,22). The van der Waals surface area contributed by atoms with Gasteiger partial charge in [0.2, 0.25) is 0 Å². The Labute approximate surface area is 129 Å². The number of methoxy groups -OCH3 is 1. The van der Waals surface area contributed by atoms with Crippen molar-refractivity contribution in [3.05, 3.63) is 48.0 Å². The Bertz CT molecular complexity index is 717. The smallest absolute Gasteiger partial charge is 0.416 e. The van der Waals surface area contributed by atoms with Crippen molar-refractivity contribution in [3.8, 4) is 11.5 Å². The second-order valence-electron chi connectivity index (χ2n) is 4.54. The van der Waals surface area contributed by atoms with Gasteiger partial charge in [-0.25, -0.2) is 4.79 Å². The summed E-state index contributed by atoms with van der Waals surface area (Å²) in [5, 5.41) is 14.3. The first-order chi connectivity index (χ1) is 10.8. The molecule has 0 unspecified atom stereocenters. The normalized spacial score (nSPS) is 11.0. The molecule has 0 radical (unpaired) electrons. The Morgan fingerprint density at radius 1 is 1.13 bits per heavy atom. The molecule has 0 saturated heterocycles. The number of rotatable bonds is 3. The largest absolute Gasteiger partial charge is 0.506 e. The number of carbonyl (C=O) groups is 1. The van der Waals surface area contributed by atoms with E-state index in [9.17, 15) is 23.1 Å². The van der Waals surface area contributed by atoms with Crippen LogP contribution in [0.3, 0.4) is 0 Å². The zero-order valence-electron chi connectivity index (χ0n) is 11.9. The van der Waals surface area contributed by atoms with Crippen molar-refractivity contribution < 1.29 is 27.8 Å². The molecule has 8 heteroatoms. The summed E-state index contributed by atoms with van der Waals surface area (Å²) in [6.45, 7) is 0. The number of urea groups is 1. The van der Waals surface area contributed by atoms with Crippen molar-refractivity contribution in [1.82, 2.24) is 0 Å². The molecule has 0 aliphatic heterocycles. The summed E-state index contributed by atoms with van der Waals surface area (Å²) in [5.74, 6) is 0.162. The van der Waals surface area contributed by atoms with E-state index < -0.39 is 17.8 Å².